The summed E-state index contributed by atoms with van der Waals surface area (Å²) in [5.74, 6) is 1.34. The third kappa shape index (κ3) is 5.92. The quantitative estimate of drug-likeness (QED) is 0.690. The maximum atomic E-state index is 13.4. The summed E-state index contributed by atoms with van der Waals surface area (Å²) in [6.07, 6.45) is 5.39. The first kappa shape index (κ1) is 23.0. The number of carbonyl (C=O) groups is 2. The zero-order valence-corrected chi connectivity index (χ0v) is 19.2. The number of tetrazole rings is 1. The van der Waals surface area contributed by atoms with Gasteiger partial charge in [0.1, 0.15) is 18.3 Å². The van der Waals surface area contributed by atoms with Gasteiger partial charge in [0.15, 0.2) is 5.76 Å². The van der Waals surface area contributed by atoms with Gasteiger partial charge in [-0.15, -0.1) is 10.2 Å². The van der Waals surface area contributed by atoms with Crippen molar-refractivity contribution >= 4 is 11.8 Å². The SMILES string of the molecule is CCC[C@H](C(=O)NC(C)(C)C)N(C(=O)Cn1nnc(-c2ccc(C)o2)n1)C1CCCC1. The fraction of sp³-hybridized carbons (Fsp3) is 0.682. The minimum atomic E-state index is -0.504. The molecule has 1 aliphatic carbocycles. The summed E-state index contributed by atoms with van der Waals surface area (Å²) in [6.45, 7) is 9.66. The number of hydrogen-bond donors (Lipinski definition) is 1. The predicted octanol–water partition coefficient (Wildman–Crippen LogP) is 3.10. The molecule has 1 N–H and O–H groups in total. The first-order chi connectivity index (χ1) is 14.7. The van der Waals surface area contributed by atoms with Crippen molar-refractivity contribution in [1.29, 1.82) is 0 Å². The van der Waals surface area contributed by atoms with E-state index in [1.54, 1.807) is 11.0 Å². The minimum Gasteiger partial charge on any atom is -0.458 e. The van der Waals surface area contributed by atoms with Gasteiger partial charge < -0.3 is 14.6 Å². The summed E-state index contributed by atoms with van der Waals surface area (Å²) >= 11 is 0. The normalized spacial score (nSPS) is 15.8. The molecule has 9 nitrogen and oxygen atoms in total. The molecule has 1 aliphatic rings. The van der Waals surface area contributed by atoms with Gasteiger partial charge in [-0.25, -0.2) is 0 Å². The van der Waals surface area contributed by atoms with Crippen molar-refractivity contribution in [2.24, 2.45) is 0 Å². The molecular weight excluding hydrogens is 396 g/mol. The van der Waals surface area contributed by atoms with Crippen LogP contribution in [-0.2, 0) is 16.1 Å². The van der Waals surface area contributed by atoms with Gasteiger partial charge in [-0.05, 0) is 64.3 Å². The summed E-state index contributed by atoms with van der Waals surface area (Å²) in [7, 11) is 0. The number of aromatic nitrogens is 4. The van der Waals surface area contributed by atoms with Gasteiger partial charge in [-0.2, -0.15) is 4.80 Å². The van der Waals surface area contributed by atoms with Crippen LogP contribution in [-0.4, -0.2) is 54.5 Å². The standard InChI is InChI=1S/C22H34N6O3/c1-6-9-17(21(30)23-22(3,4)5)28(16-10-7-8-11-16)19(29)14-27-25-20(24-26-27)18-13-12-15(2)31-18/h12-13,16-17H,6-11,14H2,1-5H3,(H,23,30)/t17-/m1/s1. The van der Waals surface area contributed by atoms with E-state index in [0.717, 1.165) is 37.9 Å². The molecular formula is C22H34N6O3. The van der Waals surface area contributed by atoms with Crippen LogP contribution in [0.3, 0.4) is 0 Å². The molecule has 31 heavy (non-hydrogen) atoms. The highest BCUT2D eigenvalue weighted by Crippen LogP contribution is 2.27. The van der Waals surface area contributed by atoms with E-state index >= 15 is 0 Å². The molecule has 2 aromatic rings. The van der Waals surface area contributed by atoms with Crippen molar-refractivity contribution in [3.05, 3.63) is 17.9 Å². The van der Waals surface area contributed by atoms with E-state index in [0.29, 0.717) is 18.0 Å². The Labute approximate surface area is 183 Å². The lowest BCUT2D eigenvalue weighted by atomic mass is 10.0. The highest BCUT2D eigenvalue weighted by molar-refractivity contribution is 5.88. The van der Waals surface area contributed by atoms with Gasteiger partial charge in [0.25, 0.3) is 0 Å². The van der Waals surface area contributed by atoms with E-state index in [1.165, 1.54) is 4.80 Å². The van der Waals surface area contributed by atoms with Crippen LogP contribution in [0.15, 0.2) is 16.5 Å². The molecule has 1 atom stereocenters. The van der Waals surface area contributed by atoms with Gasteiger partial charge in [-0.3, -0.25) is 9.59 Å². The molecule has 0 aliphatic heterocycles. The smallest absolute Gasteiger partial charge is 0.247 e. The van der Waals surface area contributed by atoms with E-state index in [2.05, 4.69) is 20.7 Å². The lowest BCUT2D eigenvalue weighted by molar-refractivity contribution is -0.145. The Bertz CT molecular complexity index is 891. The molecule has 170 valence electrons. The number of nitrogens with zero attached hydrogens (tertiary/aromatic N) is 5. The molecule has 1 saturated carbocycles. The fourth-order valence-electron chi connectivity index (χ4n) is 4.10. The van der Waals surface area contributed by atoms with Crippen molar-refractivity contribution in [2.75, 3.05) is 0 Å². The number of carbonyl (C=O) groups excluding carboxylic acids is 2. The van der Waals surface area contributed by atoms with Gasteiger partial charge in [0.05, 0.1) is 0 Å². The van der Waals surface area contributed by atoms with E-state index < -0.39 is 6.04 Å². The average molecular weight is 431 g/mol. The molecule has 2 heterocycles. The molecule has 0 bridgehead atoms. The summed E-state index contributed by atoms with van der Waals surface area (Å²) in [4.78, 5) is 29.6. The second kappa shape index (κ2) is 9.62. The van der Waals surface area contributed by atoms with Gasteiger partial charge in [0.2, 0.25) is 17.6 Å². The summed E-state index contributed by atoms with van der Waals surface area (Å²) < 4.78 is 5.54. The topological polar surface area (TPSA) is 106 Å². The number of hydrogen-bond acceptors (Lipinski definition) is 6. The van der Waals surface area contributed by atoms with Crippen LogP contribution in [0.4, 0.5) is 0 Å². The Balaban J connectivity index is 1.81. The van der Waals surface area contributed by atoms with Gasteiger partial charge in [0, 0.05) is 11.6 Å². The lowest BCUT2D eigenvalue weighted by Gasteiger charge is -2.37. The number of aryl methyl sites for hydroxylation is 1. The Morgan fingerprint density at radius 2 is 2.00 bits per heavy atom. The van der Waals surface area contributed by atoms with Crippen LogP contribution < -0.4 is 5.32 Å². The Morgan fingerprint density at radius 3 is 2.58 bits per heavy atom. The number of nitrogens with one attached hydrogen (secondary N) is 1. The molecule has 3 rings (SSSR count). The monoisotopic (exact) mass is 430 g/mol. The second-order valence-electron chi connectivity index (χ2n) is 9.34. The molecule has 0 spiro atoms. The zero-order valence-electron chi connectivity index (χ0n) is 19.2. The van der Waals surface area contributed by atoms with E-state index in [9.17, 15) is 9.59 Å². The summed E-state index contributed by atoms with van der Waals surface area (Å²) in [6, 6.07) is 3.16. The average Bonchev–Trinajstić information content (AvgIpc) is 3.42. The molecule has 9 heteroatoms. The molecule has 2 aromatic heterocycles. The van der Waals surface area contributed by atoms with Crippen LogP contribution in [0.25, 0.3) is 11.6 Å². The van der Waals surface area contributed by atoms with Crippen LogP contribution in [0.2, 0.25) is 0 Å². The highest BCUT2D eigenvalue weighted by Gasteiger charge is 2.37. The van der Waals surface area contributed by atoms with Crippen LogP contribution in [0.1, 0.15) is 72.0 Å². The number of rotatable bonds is 8. The summed E-state index contributed by atoms with van der Waals surface area (Å²) in [5.41, 5.74) is -0.364. The Morgan fingerprint density at radius 1 is 1.29 bits per heavy atom. The number of amides is 2. The van der Waals surface area contributed by atoms with Gasteiger partial charge >= 0.3 is 0 Å². The van der Waals surface area contributed by atoms with Crippen molar-refractivity contribution < 1.29 is 14.0 Å². The molecule has 0 saturated heterocycles. The molecule has 0 radical (unpaired) electrons. The van der Waals surface area contributed by atoms with Crippen LogP contribution in [0.5, 0.6) is 0 Å². The maximum Gasteiger partial charge on any atom is 0.247 e. The highest BCUT2D eigenvalue weighted by atomic mass is 16.3. The summed E-state index contributed by atoms with van der Waals surface area (Å²) in [5, 5.41) is 15.4. The lowest BCUT2D eigenvalue weighted by Crippen LogP contribution is -2.57. The van der Waals surface area contributed by atoms with Crippen LogP contribution in [0, 0.1) is 6.92 Å². The van der Waals surface area contributed by atoms with Crippen molar-refractivity contribution in [2.45, 2.75) is 97.3 Å². The number of furan rings is 1. The second-order valence-corrected chi connectivity index (χ2v) is 9.34. The first-order valence-corrected chi connectivity index (χ1v) is 11.2. The molecule has 2 amide bonds. The van der Waals surface area contributed by atoms with Crippen molar-refractivity contribution in [1.82, 2.24) is 30.4 Å². The first-order valence-electron chi connectivity index (χ1n) is 11.2. The van der Waals surface area contributed by atoms with E-state index in [1.807, 2.05) is 40.7 Å². The third-order valence-electron chi connectivity index (χ3n) is 5.40. The third-order valence-corrected chi connectivity index (χ3v) is 5.40. The molecule has 0 aromatic carbocycles. The maximum absolute atomic E-state index is 13.4. The Hall–Kier alpha value is -2.71. The minimum absolute atomic E-state index is 0.0606. The predicted molar refractivity (Wildman–Crippen MR) is 116 cm³/mol. The van der Waals surface area contributed by atoms with E-state index in [4.69, 9.17) is 4.42 Å². The zero-order chi connectivity index (χ0) is 22.6. The van der Waals surface area contributed by atoms with Crippen molar-refractivity contribution in [3.8, 4) is 11.6 Å². The Kier molecular flexibility index (Phi) is 7.12. The largest absolute Gasteiger partial charge is 0.458 e. The fourth-order valence-corrected chi connectivity index (χ4v) is 4.10. The molecule has 0 unspecified atom stereocenters. The molecule has 1 fully saturated rings. The van der Waals surface area contributed by atoms with Gasteiger partial charge in [-0.1, -0.05) is 26.2 Å². The van der Waals surface area contributed by atoms with Crippen LogP contribution >= 0.6 is 0 Å². The van der Waals surface area contributed by atoms with Crippen molar-refractivity contribution in [3.63, 3.8) is 0 Å². The van der Waals surface area contributed by atoms with E-state index in [-0.39, 0.29) is 29.9 Å².